The normalized spacial score (nSPS) is 17.5. The van der Waals surface area contributed by atoms with Gasteiger partial charge in [0.05, 0.1) is 0 Å². The van der Waals surface area contributed by atoms with Crippen LogP contribution in [0.1, 0.15) is 48.0 Å². The highest BCUT2D eigenvalue weighted by Crippen LogP contribution is 2.54. The van der Waals surface area contributed by atoms with E-state index in [0.717, 1.165) is 0 Å². The second-order valence-electron chi connectivity index (χ2n) is 6.74. The lowest BCUT2D eigenvalue weighted by molar-refractivity contribution is -0.175. The van der Waals surface area contributed by atoms with Crippen molar-refractivity contribution in [3.05, 3.63) is 17.9 Å². The Labute approximate surface area is 114 Å². The van der Waals surface area contributed by atoms with Crippen molar-refractivity contribution in [3.63, 3.8) is 0 Å². The molecule has 0 radical (unpaired) electrons. The molecular weight excluding hydrogens is 244 g/mol. The molecule has 0 aromatic heterocycles. The van der Waals surface area contributed by atoms with Gasteiger partial charge in [0, 0.05) is 12.0 Å². The molecule has 1 saturated carbocycles. The zero-order valence-corrected chi connectivity index (χ0v) is 12.5. The van der Waals surface area contributed by atoms with Gasteiger partial charge < -0.3 is 9.47 Å². The van der Waals surface area contributed by atoms with Gasteiger partial charge in [0.15, 0.2) is 5.41 Å². The van der Waals surface area contributed by atoms with Crippen LogP contribution in [0.3, 0.4) is 0 Å². The second-order valence-corrected chi connectivity index (χ2v) is 6.74. The van der Waals surface area contributed by atoms with Crippen LogP contribution in [0.15, 0.2) is 17.9 Å². The first-order valence-electron chi connectivity index (χ1n) is 6.29. The van der Waals surface area contributed by atoms with E-state index >= 15 is 0 Å². The van der Waals surface area contributed by atoms with Crippen LogP contribution in [0.5, 0.6) is 0 Å². The van der Waals surface area contributed by atoms with Crippen LogP contribution in [0.4, 0.5) is 0 Å². The van der Waals surface area contributed by atoms with Gasteiger partial charge >= 0.3 is 11.9 Å². The van der Waals surface area contributed by atoms with Gasteiger partial charge in [-0.2, -0.15) is 0 Å². The number of hydrogen-bond acceptors (Lipinski definition) is 4. The Kier molecular flexibility index (Phi) is 3.70. The summed E-state index contributed by atoms with van der Waals surface area (Å²) in [5, 5.41) is 0. The summed E-state index contributed by atoms with van der Waals surface area (Å²) in [4.78, 5) is 24.5. The highest BCUT2D eigenvalue weighted by atomic mass is 16.6. The van der Waals surface area contributed by atoms with Gasteiger partial charge in [-0.3, -0.25) is 9.59 Å². The van der Waals surface area contributed by atoms with E-state index in [1.54, 1.807) is 41.5 Å². The van der Waals surface area contributed by atoms with Crippen LogP contribution in [-0.4, -0.2) is 23.1 Å². The van der Waals surface area contributed by atoms with Gasteiger partial charge in [0.2, 0.25) is 0 Å². The predicted octanol–water partition coefficient (Wildman–Crippen LogP) is 2.77. The van der Waals surface area contributed by atoms with E-state index in [1.165, 1.54) is 0 Å². The third-order valence-electron chi connectivity index (χ3n) is 2.54. The lowest BCUT2D eigenvalue weighted by atomic mass is 10.0. The van der Waals surface area contributed by atoms with Crippen molar-refractivity contribution >= 4 is 11.9 Å². The molecule has 0 aliphatic heterocycles. The van der Waals surface area contributed by atoms with Gasteiger partial charge in [-0.15, -0.1) is 5.73 Å². The van der Waals surface area contributed by atoms with Crippen molar-refractivity contribution in [3.8, 4) is 0 Å². The summed E-state index contributed by atoms with van der Waals surface area (Å²) < 4.78 is 10.6. The van der Waals surface area contributed by atoms with Crippen LogP contribution in [0.2, 0.25) is 0 Å². The van der Waals surface area contributed by atoms with Crippen molar-refractivity contribution in [2.45, 2.75) is 59.2 Å². The van der Waals surface area contributed by atoms with Crippen LogP contribution < -0.4 is 0 Å². The van der Waals surface area contributed by atoms with Crippen LogP contribution in [0, 0.1) is 5.41 Å². The maximum absolute atomic E-state index is 12.2. The zero-order chi connectivity index (χ0) is 15.1. The molecular formula is C15H22O4. The minimum absolute atomic E-state index is 0.278. The van der Waals surface area contributed by atoms with E-state index in [-0.39, 0.29) is 6.42 Å². The molecule has 0 unspecified atom stereocenters. The first kappa shape index (κ1) is 15.5. The SMILES string of the molecule is C=C=C1CC1(C(=O)OC(C)(C)C)C(=O)OC(C)(C)C. The van der Waals surface area contributed by atoms with E-state index in [2.05, 4.69) is 12.3 Å². The number of esters is 2. The average Bonchev–Trinajstić information content (AvgIpc) is 2.87. The van der Waals surface area contributed by atoms with Crippen LogP contribution in [-0.2, 0) is 19.1 Å². The molecule has 1 aliphatic rings. The summed E-state index contributed by atoms with van der Waals surface area (Å²) in [7, 11) is 0. The third-order valence-corrected chi connectivity index (χ3v) is 2.54. The molecule has 1 rings (SSSR count). The van der Waals surface area contributed by atoms with Crippen LogP contribution >= 0.6 is 0 Å². The predicted molar refractivity (Wildman–Crippen MR) is 71.4 cm³/mol. The summed E-state index contributed by atoms with van der Waals surface area (Å²) in [5.41, 5.74) is 0.531. The maximum Gasteiger partial charge on any atom is 0.329 e. The molecule has 0 amide bonds. The standard InChI is InChI=1S/C15H22O4/c1-8-10-9-15(10,11(16)18-13(2,3)4)12(17)19-14(5,6)7/h1,9H2,2-7H3. The van der Waals surface area contributed by atoms with Crippen molar-refractivity contribution < 1.29 is 19.1 Å². The lowest BCUT2D eigenvalue weighted by Gasteiger charge is -2.25. The molecule has 1 fully saturated rings. The largest absolute Gasteiger partial charge is 0.459 e. The first-order valence-corrected chi connectivity index (χ1v) is 6.29. The molecule has 0 spiro atoms. The number of ether oxygens (including phenoxy) is 2. The van der Waals surface area contributed by atoms with Crippen molar-refractivity contribution in [1.82, 2.24) is 0 Å². The van der Waals surface area contributed by atoms with E-state index in [9.17, 15) is 9.59 Å². The second kappa shape index (κ2) is 4.53. The summed E-state index contributed by atoms with van der Waals surface area (Å²) >= 11 is 0. The molecule has 0 atom stereocenters. The first-order chi connectivity index (χ1) is 8.42. The Morgan fingerprint density at radius 3 is 1.63 bits per heavy atom. The summed E-state index contributed by atoms with van der Waals surface area (Å²) in [6.45, 7) is 14.0. The fourth-order valence-corrected chi connectivity index (χ4v) is 1.64. The molecule has 4 nitrogen and oxygen atoms in total. The van der Waals surface area contributed by atoms with E-state index in [1.807, 2.05) is 0 Å². The fraction of sp³-hybridized carbons (Fsp3) is 0.667. The van der Waals surface area contributed by atoms with Gasteiger partial charge in [-0.1, -0.05) is 6.58 Å². The third kappa shape index (κ3) is 3.48. The van der Waals surface area contributed by atoms with Crippen molar-refractivity contribution in [2.24, 2.45) is 5.41 Å². The molecule has 0 aromatic carbocycles. The van der Waals surface area contributed by atoms with Gasteiger partial charge in [-0.05, 0) is 41.5 Å². The number of hydrogen-bond donors (Lipinski definition) is 0. The highest BCUT2D eigenvalue weighted by molar-refractivity contribution is 6.09. The van der Waals surface area contributed by atoms with E-state index in [4.69, 9.17) is 9.47 Å². The molecule has 0 bridgehead atoms. The smallest absolute Gasteiger partial charge is 0.329 e. The summed E-state index contributed by atoms with van der Waals surface area (Å²) in [5.74, 6) is -1.17. The van der Waals surface area contributed by atoms with Gasteiger partial charge in [-0.25, -0.2) is 0 Å². The summed E-state index contributed by atoms with van der Waals surface area (Å²) in [6.07, 6.45) is 0.278. The minimum Gasteiger partial charge on any atom is -0.459 e. The summed E-state index contributed by atoms with van der Waals surface area (Å²) in [6, 6.07) is 0. The molecule has 106 valence electrons. The fourth-order valence-electron chi connectivity index (χ4n) is 1.64. The molecule has 0 N–H and O–H groups in total. The maximum atomic E-state index is 12.2. The van der Waals surface area contributed by atoms with Crippen molar-refractivity contribution in [1.29, 1.82) is 0 Å². The van der Waals surface area contributed by atoms with E-state index in [0.29, 0.717) is 5.57 Å². The Morgan fingerprint density at radius 1 is 1.05 bits per heavy atom. The lowest BCUT2D eigenvalue weighted by Crippen LogP contribution is -2.38. The van der Waals surface area contributed by atoms with E-state index < -0.39 is 28.6 Å². The zero-order valence-electron chi connectivity index (χ0n) is 12.5. The Bertz CT molecular complexity index is 426. The molecule has 0 heterocycles. The quantitative estimate of drug-likeness (QED) is 0.438. The Morgan fingerprint density at radius 2 is 1.42 bits per heavy atom. The monoisotopic (exact) mass is 266 g/mol. The molecule has 19 heavy (non-hydrogen) atoms. The Balaban J connectivity index is 2.98. The molecule has 0 saturated heterocycles. The molecule has 0 aromatic rings. The van der Waals surface area contributed by atoms with Gasteiger partial charge in [0.1, 0.15) is 11.2 Å². The number of rotatable bonds is 2. The number of carbonyl (C=O) groups excluding carboxylic acids is 2. The topological polar surface area (TPSA) is 52.6 Å². The number of carbonyl (C=O) groups is 2. The Hall–Kier alpha value is -1.54. The van der Waals surface area contributed by atoms with Crippen molar-refractivity contribution in [2.75, 3.05) is 0 Å². The minimum atomic E-state index is -1.33. The molecule has 4 heteroatoms. The van der Waals surface area contributed by atoms with Gasteiger partial charge in [0.25, 0.3) is 0 Å². The highest BCUT2D eigenvalue weighted by Gasteiger charge is 2.65. The average molecular weight is 266 g/mol. The molecule has 1 aliphatic carbocycles. The van der Waals surface area contributed by atoms with Crippen LogP contribution in [0.25, 0.3) is 0 Å².